The van der Waals surface area contributed by atoms with Crippen LogP contribution in [0.5, 0.6) is 0 Å². The summed E-state index contributed by atoms with van der Waals surface area (Å²) < 4.78 is 2.25. The highest BCUT2D eigenvalue weighted by molar-refractivity contribution is 7.80. The van der Waals surface area contributed by atoms with Crippen LogP contribution in [0.2, 0.25) is 0 Å². The fourth-order valence-electron chi connectivity index (χ4n) is 3.63. The highest BCUT2D eigenvalue weighted by Gasteiger charge is 2.40. The summed E-state index contributed by atoms with van der Waals surface area (Å²) in [5, 5.41) is 4.25. The first kappa shape index (κ1) is 18.6. The van der Waals surface area contributed by atoms with Crippen LogP contribution in [0, 0.1) is 0 Å². The second-order valence-electron chi connectivity index (χ2n) is 8.14. The van der Waals surface area contributed by atoms with Gasteiger partial charge in [0.2, 0.25) is 0 Å². The molecule has 1 saturated heterocycles. The molecule has 0 saturated carbocycles. The molecule has 0 amide bonds. The Balaban J connectivity index is 1.74. The fourth-order valence-corrected chi connectivity index (χ4v) is 3.94. The normalized spacial score (nSPS) is 19.7. The van der Waals surface area contributed by atoms with Crippen molar-refractivity contribution in [2.45, 2.75) is 44.9 Å². The van der Waals surface area contributed by atoms with E-state index in [0.29, 0.717) is 6.54 Å². The third-order valence-corrected chi connectivity index (χ3v) is 5.46. The highest BCUT2D eigenvalue weighted by Crippen LogP contribution is 2.40. The molecule has 0 radical (unpaired) electrons. The number of rotatable bonds is 4. The van der Waals surface area contributed by atoms with Crippen molar-refractivity contribution in [1.29, 1.82) is 0 Å². The highest BCUT2D eigenvalue weighted by atomic mass is 32.1. The summed E-state index contributed by atoms with van der Waals surface area (Å²) in [6.07, 6.45) is 9.90. The zero-order valence-corrected chi connectivity index (χ0v) is 17.2. The van der Waals surface area contributed by atoms with E-state index < -0.39 is 0 Å². The lowest BCUT2D eigenvalue weighted by molar-refractivity contribution is 0.309. The Morgan fingerprint density at radius 2 is 1.96 bits per heavy atom. The fraction of sp³-hybridized carbons (Fsp3) is 0.318. The lowest BCUT2D eigenvalue weighted by atomic mass is 9.98. The molecule has 0 spiro atoms. The number of nitrogens with one attached hydrogen (secondary N) is 1. The second kappa shape index (κ2) is 7.36. The second-order valence-corrected chi connectivity index (χ2v) is 8.53. The summed E-state index contributed by atoms with van der Waals surface area (Å²) in [5.41, 5.74) is 3.38. The van der Waals surface area contributed by atoms with E-state index in [1.165, 1.54) is 5.56 Å². The summed E-state index contributed by atoms with van der Waals surface area (Å²) in [6, 6.07) is 12.3. The van der Waals surface area contributed by atoms with Gasteiger partial charge in [0.25, 0.3) is 0 Å². The minimum Gasteiger partial charge on any atom is -0.352 e. The minimum absolute atomic E-state index is 0.00110. The maximum absolute atomic E-state index is 5.73. The van der Waals surface area contributed by atoms with E-state index in [1.54, 1.807) is 6.20 Å². The lowest BCUT2D eigenvalue weighted by Crippen LogP contribution is -2.29. The molecule has 4 rings (SSSR count). The van der Waals surface area contributed by atoms with E-state index in [1.807, 2.05) is 30.6 Å². The Kier molecular flexibility index (Phi) is 4.89. The van der Waals surface area contributed by atoms with Gasteiger partial charge in [0, 0.05) is 43.1 Å². The van der Waals surface area contributed by atoms with E-state index in [4.69, 9.17) is 12.2 Å². The van der Waals surface area contributed by atoms with Gasteiger partial charge < -0.3 is 14.8 Å². The van der Waals surface area contributed by atoms with Crippen molar-refractivity contribution in [3.05, 3.63) is 84.2 Å². The van der Waals surface area contributed by atoms with Crippen LogP contribution in [0.3, 0.4) is 0 Å². The summed E-state index contributed by atoms with van der Waals surface area (Å²) in [5.74, 6) is 0. The standard InChI is InChI=1S/C22H25N5S/c1-22(2,3)26-12-9-17(15-26)20-19(18-8-4-5-11-24-18)25-21(28)27(20)14-16-7-6-10-23-13-16/h4-13,15,19-20H,14H2,1-3H3,(H,25,28). The molecule has 4 heterocycles. The molecule has 1 fully saturated rings. The number of aromatic nitrogens is 3. The van der Waals surface area contributed by atoms with Crippen LogP contribution in [0.4, 0.5) is 0 Å². The van der Waals surface area contributed by atoms with Gasteiger partial charge in [-0.1, -0.05) is 12.1 Å². The summed E-state index contributed by atoms with van der Waals surface area (Å²) in [7, 11) is 0. The van der Waals surface area contributed by atoms with Gasteiger partial charge in [0.15, 0.2) is 5.11 Å². The van der Waals surface area contributed by atoms with Gasteiger partial charge >= 0.3 is 0 Å². The van der Waals surface area contributed by atoms with Crippen LogP contribution < -0.4 is 5.32 Å². The molecule has 3 aromatic rings. The Bertz CT molecular complexity index is 946. The molecule has 3 aromatic heterocycles. The van der Waals surface area contributed by atoms with Crippen molar-refractivity contribution in [3.63, 3.8) is 0 Å². The average Bonchev–Trinajstić information content (AvgIpc) is 3.29. The van der Waals surface area contributed by atoms with Crippen LogP contribution >= 0.6 is 12.2 Å². The first-order valence-corrected chi connectivity index (χ1v) is 9.89. The van der Waals surface area contributed by atoms with Crippen LogP contribution in [-0.2, 0) is 12.1 Å². The van der Waals surface area contributed by atoms with Crippen molar-refractivity contribution < 1.29 is 0 Å². The Morgan fingerprint density at radius 3 is 2.61 bits per heavy atom. The van der Waals surface area contributed by atoms with Crippen LogP contribution in [-0.4, -0.2) is 24.5 Å². The SMILES string of the molecule is CC(C)(C)n1ccc(C2C(c3ccccn3)NC(=S)N2Cc2cccnc2)c1. The summed E-state index contributed by atoms with van der Waals surface area (Å²) in [6.45, 7) is 7.32. The van der Waals surface area contributed by atoms with Crippen LogP contribution in [0.25, 0.3) is 0 Å². The van der Waals surface area contributed by atoms with E-state index >= 15 is 0 Å². The van der Waals surface area contributed by atoms with E-state index in [-0.39, 0.29) is 17.6 Å². The van der Waals surface area contributed by atoms with Crippen molar-refractivity contribution in [3.8, 4) is 0 Å². The van der Waals surface area contributed by atoms with Gasteiger partial charge in [0.05, 0.1) is 17.8 Å². The van der Waals surface area contributed by atoms with Crippen LogP contribution in [0.1, 0.15) is 49.7 Å². The van der Waals surface area contributed by atoms with E-state index in [9.17, 15) is 0 Å². The molecular weight excluding hydrogens is 366 g/mol. The van der Waals surface area contributed by atoms with Crippen molar-refractivity contribution in [2.75, 3.05) is 0 Å². The number of thiocarbonyl (C=S) groups is 1. The lowest BCUT2D eigenvalue weighted by Gasteiger charge is -2.27. The minimum atomic E-state index is 0.00110. The molecule has 1 N–H and O–H groups in total. The van der Waals surface area contributed by atoms with Gasteiger partial charge in [-0.25, -0.2) is 0 Å². The molecule has 1 aliphatic heterocycles. The molecule has 144 valence electrons. The smallest absolute Gasteiger partial charge is 0.170 e. The molecule has 5 nitrogen and oxygen atoms in total. The first-order valence-electron chi connectivity index (χ1n) is 9.49. The van der Waals surface area contributed by atoms with Gasteiger partial charge in [0.1, 0.15) is 0 Å². The Hall–Kier alpha value is -2.73. The zero-order valence-electron chi connectivity index (χ0n) is 16.4. The van der Waals surface area contributed by atoms with E-state index in [0.717, 1.165) is 16.4 Å². The summed E-state index contributed by atoms with van der Waals surface area (Å²) in [4.78, 5) is 11.1. The third kappa shape index (κ3) is 3.64. The van der Waals surface area contributed by atoms with Crippen LogP contribution in [0.15, 0.2) is 67.4 Å². The third-order valence-electron chi connectivity index (χ3n) is 5.11. The predicted octanol–water partition coefficient (Wildman–Crippen LogP) is 4.21. The number of hydrogen-bond donors (Lipinski definition) is 1. The largest absolute Gasteiger partial charge is 0.352 e. The molecule has 0 aliphatic carbocycles. The van der Waals surface area contributed by atoms with E-state index in [2.05, 4.69) is 76.1 Å². The summed E-state index contributed by atoms with van der Waals surface area (Å²) >= 11 is 5.73. The van der Waals surface area contributed by atoms with Crippen molar-refractivity contribution >= 4 is 17.3 Å². The molecule has 6 heteroatoms. The number of nitrogens with zero attached hydrogens (tertiary/aromatic N) is 4. The topological polar surface area (TPSA) is 46.0 Å². The molecule has 0 bridgehead atoms. The van der Waals surface area contributed by atoms with Gasteiger partial charge in [-0.15, -0.1) is 0 Å². The monoisotopic (exact) mass is 391 g/mol. The predicted molar refractivity (Wildman–Crippen MR) is 115 cm³/mol. The number of pyridine rings is 2. The number of hydrogen-bond acceptors (Lipinski definition) is 3. The van der Waals surface area contributed by atoms with Crippen molar-refractivity contribution in [2.24, 2.45) is 0 Å². The Morgan fingerprint density at radius 1 is 1.11 bits per heavy atom. The molecular formula is C22H25N5S. The maximum Gasteiger partial charge on any atom is 0.170 e. The van der Waals surface area contributed by atoms with Gasteiger partial charge in [-0.05, 0) is 68.4 Å². The quantitative estimate of drug-likeness (QED) is 0.675. The molecule has 2 atom stereocenters. The Labute approximate surface area is 171 Å². The van der Waals surface area contributed by atoms with Gasteiger partial charge in [-0.2, -0.15) is 0 Å². The molecule has 28 heavy (non-hydrogen) atoms. The van der Waals surface area contributed by atoms with Crippen molar-refractivity contribution in [1.82, 2.24) is 24.8 Å². The molecule has 1 aliphatic rings. The maximum atomic E-state index is 5.73. The first-order chi connectivity index (χ1) is 13.4. The van der Waals surface area contributed by atoms with Gasteiger partial charge in [-0.3, -0.25) is 9.97 Å². The average molecular weight is 392 g/mol. The zero-order chi connectivity index (χ0) is 19.7. The molecule has 0 aromatic carbocycles. The molecule has 2 unspecified atom stereocenters.